The number of H-pyrrole nitrogens is 1. The highest BCUT2D eigenvalue weighted by molar-refractivity contribution is 5.41. The minimum atomic E-state index is -0.143. The molecule has 0 radical (unpaired) electrons. The molecule has 2 aliphatic carbocycles. The molecule has 0 bridgehead atoms. The molecule has 25 heavy (non-hydrogen) atoms. The van der Waals surface area contributed by atoms with Crippen molar-refractivity contribution in [2.24, 2.45) is 5.92 Å². The van der Waals surface area contributed by atoms with Crippen LogP contribution in [0.5, 0.6) is 0 Å². The predicted octanol–water partition coefficient (Wildman–Crippen LogP) is 0.638. The van der Waals surface area contributed by atoms with Gasteiger partial charge in [0.25, 0.3) is 0 Å². The minimum absolute atomic E-state index is 0.143. The van der Waals surface area contributed by atoms with Gasteiger partial charge < -0.3 is 16.0 Å². The Labute approximate surface area is 145 Å². The number of nitrogens with two attached hydrogens (primary N) is 1. The van der Waals surface area contributed by atoms with Crippen molar-refractivity contribution < 1.29 is 0 Å². The first-order valence-electron chi connectivity index (χ1n) is 8.99. The highest BCUT2D eigenvalue weighted by Crippen LogP contribution is 2.47. The van der Waals surface area contributed by atoms with Gasteiger partial charge in [-0.1, -0.05) is 0 Å². The normalized spacial score (nSPS) is 30.0. The van der Waals surface area contributed by atoms with E-state index in [2.05, 4.69) is 36.1 Å². The zero-order valence-electron chi connectivity index (χ0n) is 14.0. The molecule has 9 nitrogen and oxygen atoms in total. The zero-order chi connectivity index (χ0) is 16.9. The Balaban J connectivity index is 1.37. The number of hydrazine groups is 1. The molecule has 3 atom stereocenters. The molecule has 0 aromatic carbocycles. The minimum Gasteiger partial charge on any atom is -0.368 e. The summed E-state index contributed by atoms with van der Waals surface area (Å²) in [5.74, 6) is 2.69. The first kappa shape index (κ1) is 15.0. The molecule has 3 heterocycles. The van der Waals surface area contributed by atoms with E-state index in [-0.39, 0.29) is 11.5 Å². The summed E-state index contributed by atoms with van der Waals surface area (Å²) in [4.78, 5) is 20.8. The fraction of sp³-hybridized carbons (Fsp3) is 0.625. The third-order valence-electron chi connectivity index (χ3n) is 5.80. The number of anilines is 2. The average molecular weight is 341 g/mol. The fourth-order valence-electron chi connectivity index (χ4n) is 4.18. The van der Waals surface area contributed by atoms with Gasteiger partial charge in [0.05, 0.1) is 23.8 Å². The second-order valence-corrected chi connectivity index (χ2v) is 7.45. The van der Waals surface area contributed by atoms with Gasteiger partial charge in [-0.3, -0.25) is 10.9 Å². The van der Waals surface area contributed by atoms with Gasteiger partial charge in [0, 0.05) is 18.5 Å². The van der Waals surface area contributed by atoms with Crippen LogP contribution in [-0.4, -0.2) is 37.5 Å². The lowest BCUT2D eigenvalue weighted by Crippen LogP contribution is -2.36. The van der Waals surface area contributed by atoms with Crippen LogP contribution in [0.25, 0.3) is 0 Å². The zero-order valence-corrected chi connectivity index (χ0v) is 14.0. The molecule has 3 aliphatic rings. The molecule has 2 aromatic heterocycles. The lowest BCUT2D eigenvalue weighted by atomic mass is 9.79. The number of fused-ring (bicyclic) bond motifs is 1. The van der Waals surface area contributed by atoms with E-state index in [0.29, 0.717) is 23.8 Å². The van der Waals surface area contributed by atoms with Crippen LogP contribution in [0.2, 0.25) is 0 Å². The number of hydrogen-bond acceptors (Lipinski definition) is 8. The number of rotatable bonds is 4. The van der Waals surface area contributed by atoms with Crippen LogP contribution in [0, 0.1) is 5.92 Å². The molecule has 2 aromatic rings. The summed E-state index contributed by atoms with van der Waals surface area (Å²) in [7, 11) is 0. The van der Waals surface area contributed by atoms with E-state index in [1.165, 1.54) is 6.42 Å². The molecular formula is C16H23N9. The van der Waals surface area contributed by atoms with E-state index < -0.39 is 0 Å². The lowest BCUT2D eigenvalue weighted by molar-refractivity contribution is 0.296. The first-order valence-corrected chi connectivity index (χ1v) is 8.99. The lowest BCUT2D eigenvalue weighted by Gasteiger charge is -2.30. The van der Waals surface area contributed by atoms with Gasteiger partial charge in [-0.25, -0.2) is 4.98 Å². The molecule has 2 saturated carbocycles. The largest absolute Gasteiger partial charge is 0.368 e. The Morgan fingerprint density at radius 1 is 1.20 bits per heavy atom. The van der Waals surface area contributed by atoms with E-state index in [9.17, 15) is 0 Å². The molecule has 1 aliphatic heterocycles. The number of hydrogen-bond donors (Lipinski definition) is 5. The summed E-state index contributed by atoms with van der Waals surface area (Å²) >= 11 is 0. The second-order valence-electron chi connectivity index (χ2n) is 7.45. The summed E-state index contributed by atoms with van der Waals surface area (Å²) in [6, 6.07) is 0.493. The van der Waals surface area contributed by atoms with E-state index in [0.717, 1.165) is 43.7 Å². The standard InChI is InChI=1S/C16H23N9/c17-14-21-13(9-1-2-10-6-20-25-11(10)5-9)22-15(23-14)24-16(3-4-16)12-7-18-8-19-12/h7-11,20,25H,1-6H2,(H,18,19)(H3,17,21,22,23,24). The predicted molar refractivity (Wildman–Crippen MR) is 92.4 cm³/mol. The van der Waals surface area contributed by atoms with Crippen LogP contribution in [-0.2, 0) is 5.54 Å². The van der Waals surface area contributed by atoms with Crippen molar-refractivity contribution in [1.29, 1.82) is 0 Å². The van der Waals surface area contributed by atoms with E-state index in [1.54, 1.807) is 6.33 Å². The second kappa shape index (κ2) is 5.63. The Morgan fingerprint density at radius 2 is 2.12 bits per heavy atom. The fourth-order valence-corrected chi connectivity index (χ4v) is 4.18. The maximum Gasteiger partial charge on any atom is 0.228 e. The molecule has 6 N–H and O–H groups in total. The van der Waals surface area contributed by atoms with Crippen LogP contribution in [0.3, 0.4) is 0 Å². The Morgan fingerprint density at radius 3 is 2.92 bits per heavy atom. The summed E-state index contributed by atoms with van der Waals surface area (Å²) in [5, 5.41) is 3.46. The number of nitrogens with one attached hydrogen (secondary N) is 4. The Bertz CT molecular complexity index is 755. The van der Waals surface area contributed by atoms with Crippen molar-refractivity contribution in [3.8, 4) is 0 Å². The van der Waals surface area contributed by atoms with Crippen LogP contribution >= 0.6 is 0 Å². The van der Waals surface area contributed by atoms with Gasteiger partial charge in [-0.2, -0.15) is 15.0 Å². The van der Waals surface area contributed by atoms with Crippen molar-refractivity contribution in [2.75, 3.05) is 17.6 Å². The Kier molecular flexibility index (Phi) is 3.39. The van der Waals surface area contributed by atoms with Gasteiger partial charge in [0.1, 0.15) is 5.82 Å². The monoisotopic (exact) mass is 341 g/mol. The molecule has 5 rings (SSSR count). The molecule has 1 saturated heterocycles. The van der Waals surface area contributed by atoms with Gasteiger partial charge in [0.15, 0.2) is 0 Å². The third-order valence-corrected chi connectivity index (χ3v) is 5.80. The van der Waals surface area contributed by atoms with Gasteiger partial charge >= 0.3 is 0 Å². The van der Waals surface area contributed by atoms with Crippen molar-refractivity contribution in [3.63, 3.8) is 0 Å². The number of nitrogens with zero attached hydrogens (tertiary/aromatic N) is 4. The van der Waals surface area contributed by atoms with Crippen molar-refractivity contribution >= 4 is 11.9 Å². The van der Waals surface area contributed by atoms with Crippen molar-refractivity contribution in [1.82, 2.24) is 35.8 Å². The SMILES string of the molecule is Nc1nc(NC2(c3cnc[nH]3)CC2)nc(C2CCC3CNNC3C2)n1. The quantitative estimate of drug-likeness (QED) is 0.548. The van der Waals surface area contributed by atoms with Gasteiger partial charge in [-0.05, 0) is 38.0 Å². The molecular weight excluding hydrogens is 318 g/mol. The molecule has 0 spiro atoms. The van der Waals surface area contributed by atoms with Gasteiger partial charge in [0.2, 0.25) is 11.9 Å². The van der Waals surface area contributed by atoms with Crippen molar-refractivity contribution in [3.05, 3.63) is 24.0 Å². The van der Waals surface area contributed by atoms with Crippen molar-refractivity contribution in [2.45, 2.75) is 49.6 Å². The summed E-state index contributed by atoms with van der Waals surface area (Å²) in [6.07, 6.45) is 8.92. The van der Waals surface area contributed by atoms with E-state index >= 15 is 0 Å². The first-order chi connectivity index (χ1) is 12.2. The number of aromatic amines is 1. The molecule has 0 amide bonds. The van der Waals surface area contributed by atoms with Crippen LogP contribution < -0.4 is 21.9 Å². The molecule has 9 heteroatoms. The topological polar surface area (TPSA) is 129 Å². The maximum atomic E-state index is 5.98. The van der Waals surface area contributed by atoms with E-state index in [1.807, 2.05) is 6.20 Å². The summed E-state index contributed by atoms with van der Waals surface area (Å²) in [6.45, 7) is 1.05. The summed E-state index contributed by atoms with van der Waals surface area (Å²) in [5.41, 5.74) is 13.5. The van der Waals surface area contributed by atoms with Crippen LogP contribution in [0.15, 0.2) is 12.5 Å². The van der Waals surface area contributed by atoms with Gasteiger partial charge in [-0.15, -0.1) is 0 Å². The number of nitrogen functional groups attached to an aromatic ring is 1. The third kappa shape index (κ3) is 2.73. The number of aromatic nitrogens is 5. The van der Waals surface area contributed by atoms with Crippen LogP contribution in [0.1, 0.15) is 49.5 Å². The maximum absolute atomic E-state index is 5.98. The van der Waals surface area contributed by atoms with Crippen LogP contribution in [0.4, 0.5) is 11.9 Å². The Hall–Kier alpha value is -2.26. The smallest absolute Gasteiger partial charge is 0.228 e. The van der Waals surface area contributed by atoms with E-state index in [4.69, 9.17) is 10.7 Å². The highest BCUT2D eigenvalue weighted by Gasteiger charge is 2.46. The number of imidazole rings is 1. The molecule has 3 unspecified atom stereocenters. The highest BCUT2D eigenvalue weighted by atomic mass is 15.4. The summed E-state index contributed by atoms with van der Waals surface area (Å²) < 4.78 is 0. The average Bonchev–Trinajstić information content (AvgIpc) is 3.05. The molecule has 3 fully saturated rings. The molecule has 132 valence electrons.